The van der Waals surface area contributed by atoms with E-state index in [4.69, 9.17) is 11.6 Å². The van der Waals surface area contributed by atoms with Crippen molar-refractivity contribution in [2.24, 2.45) is 0 Å². The van der Waals surface area contributed by atoms with Gasteiger partial charge in [0, 0.05) is 18.1 Å². The standard InChI is InChI=1S/C25H23ClF4N2O3S2/c1-17-6-9-20(10-7-17)37(34,35)32(19-8-11-22(26)21(14-19)25(28,29)30)15-24(33)31-12-13-36-16-18-4-2-3-5-23(18)27/h2-11,14H,12-13,15-16H2,1H3,(H,31,33). The van der Waals surface area contributed by atoms with Gasteiger partial charge in [-0.2, -0.15) is 24.9 Å². The molecule has 37 heavy (non-hydrogen) atoms. The molecule has 0 fully saturated rings. The number of hydrogen-bond donors (Lipinski definition) is 1. The predicted octanol–water partition coefficient (Wildman–Crippen LogP) is 6.05. The lowest BCUT2D eigenvalue weighted by Gasteiger charge is -2.25. The van der Waals surface area contributed by atoms with Crippen LogP contribution in [-0.2, 0) is 26.7 Å². The Morgan fingerprint density at radius 1 is 1.05 bits per heavy atom. The van der Waals surface area contributed by atoms with Crippen LogP contribution in [-0.4, -0.2) is 33.2 Å². The monoisotopic (exact) mass is 574 g/mol. The number of benzene rings is 3. The molecule has 1 amide bonds. The Labute approximate surface area is 221 Å². The van der Waals surface area contributed by atoms with Gasteiger partial charge >= 0.3 is 6.18 Å². The number of sulfonamides is 1. The minimum absolute atomic E-state index is 0.144. The van der Waals surface area contributed by atoms with Gasteiger partial charge in [-0.3, -0.25) is 9.10 Å². The van der Waals surface area contributed by atoms with Crippen LogP contribution in [0.2, 0.25) is 5.02 Å². The van der Waals surface area contributed by atoms with E-state index in [1.54, 1.807) is 37.3 Å². The molecule has 12 heteroatoms. The highest BCUT2D eigenvalue weighted by Gasteiger charge is 2.35. The van der Waals surface area contributed by atoms with Crippen molar-refractivity contribution in [3.05, 3.63) is 94.3 Å². The summed E-state index contributed by atoms with van der Waals surface area (Å²) in [6.07, 6.45) is -4.83. The summed E-state index contributed by atoms with van der Waals surface area (Å²) in [6.45, 7) is 1.14. The van der Waals surface area contributed by atoms with Crippen LogP contribution < -0.4 is 9.62 Å². The molecular weight excluding hydrogens is 552 g/mol. The van der Waals surface area contributed by atoms with Crippen LogP contribution in [0.4, 0.5) is 23.2 Å². The molecule has 0 atom stereocenters. The zero-order valence-corrected chi connectivity index (χ0v) is 21.9. The topological polar surface area (TPSA) is 66.5 Å². The van der Waals surface area contributed by atoms with E-state index in [0.717, 1.165) is 17.7 Å². The zero-order valence-electron chi connectivity index (χ0n) is 19.6. The third-order valence-corrected chi connectivity index (χ3v) is 8.35. The summed E-state index contributed by atoms with van der Waals surface area (Å²) in [5.74, 6) is -0.270. The molecule has 0 bridgehead atoms. The Hall–Kier alpha value is -2.76. The van der Waals surface area contributed by atoms with Crippen LogP contribution in [0, 0.1) is 12.7 Å². The summed E-state index contributed by atoms with van der Waals surface area (Å²) in [5, 5.41) is 1.97. The van der Waals surface area contributed by atoms with Gasteiger partial charge in [-0.05, 0) is 48.9 Å². The number of nitrogens with zero attached hydrogens (tertiary/aromatic N) is 1. The second-order valence-corrected chi connectivity index (χ2v) is 11.4. The largest absolute Gasteiger partial charge is 0.417 e. The second-order valence-electron chi connectivity index (χ2n) is 7.98. The first-order valence-electron chi connectivity index (χ1n) is 10.9. The van der Waals surface area contributed by atoms with Gasteiger partial charge in [-0.25, -0.2) is 12.8 Å². The van der Waals surface area contributed by atoms with E-state index in [2.05, 4.69) is 5.32 Å². The maximum absolute atomic E-state index is 13.7. The number of thioether (sulfide) groups is 1. The first kappa shape index (κ1) is 28.8. The Kier molecular flexibility index (Phi) is 9.49. The third kappa shape index (κ3) is 7.62. The van der Waals surface area contributed by atoms with E-state index in [0.29, 0.717) is 27.4 Å². The van der Waals surface area contributed by atoms with E-state index < -0.39 is 39.2 Å². The van der Waals surface area contributed by atoms with Gasteiger partial charge < -0.3 is 5.32 Å². The number of carbonyl (C=O) groups excluding carboxylic acids is 1. The zero-order chi connectivity index (χ0) is 27.2. The number of nitrogens with one attached hydrogen (secondary N) is 1. The molecule has 0 spiro atoms. The molecule has 0 saturated carbocycles. The number of halogens is 5. The van der Waals surface area contributed by atoms with Crippen LogP contribution in [0.1, 0.15) is 16.7 Å². The fourth-order valence-corrected chi connectivity index (χ4v) is 5.77. The molecular formula is C25H23ClF4N2O3S2. The molecule has 5 nitrogen and oxygen atoms in total. The van der Waals surface area contributed by atoms with Crippen LogP contribution >= 0.6 is 23.4 Å². The maximum atomic E-state index is 13.7. The lowest BCUT2D eigenvalue weighted by atomic mass is 10.2. The van der Waals surface area contributed by atoms with E-state index in [1.165, 1.54) is 30.0 Å². The van der Waals surface area contributed by atoms with E-state index in [1.807, 2.05) is 0 Å². The molecule has 198 valence electrons. The average molecular weight is 575 g/mol. The van der Waals surface area contributed by atoms with Crippen LogP contribution in [0.15, 0.2) is 71.6 Å². The van der Waals surface area contributed by atoms with Crippen molar-refractivity contribution in [2.45, 2.75) is 23.7 Å². The first-order valence-corrected chi connectivity index (χ1v) is 13.9. The number of anilines is 1. The number of amides is 1. The number of aryl methyl sites for hydroxylation is 1. The molecule has 3 rings (SSSR count). The molecule has 1 N–H and O–H groups in total. The van der Waals surface area contributed by atoms with Gasteiger partial charge in [0.2, 0.25) is 5.91 Å². The molecule has 3 aromatic rings. The predicted molar refractivity (Wildman–Crippen MR) is 138 cm³/mol. The SMILES string of the molecule is Cc1ccc(S(=O)(=O)N(CC(=O)NCCSCc2ccccc2F)c2ccc(Cl)c(C(F)(F)F)c2)cc1. The summed E-state index contributed by atoms with van der Waals surface area (Å²) < 4.78 is 81.4. The number of rotatable bonds is 10. The highest BCUT2D eigenvalue weighted by molar-refractivity contribution is 7.98. The summed E-state index contributed by atoms with van der Waals surface area (Å²) >= 11 is 7.06. The summed E-state index contributed by atoms with van der Waals surface area (Å²) in [5.41, 5.74) is -0.290. The van der Waals surface area contributed by atoms with Crippen molar-refractivity contribution >= 4 is 45.0 Å². The Morgan fingerprint density at radius 2 is 1.73 bits per heavy atom. The van der Waals surface area contributed by atoms with Crippen LogP contribution in [0.3, 0.4) is 0 Å². The minimum atomic E-state index is -4.83. The average Bonchev–Trinajstić information content (AvgIpc) is 2.83. The Morgan fingerprint density at radius 3 is 2.38 bits per heavy atom. The molecule has 0 aliphatic carbocycles. The molecule has 0 radical (unpaired) electrons. The summed E-state index contributed by atoms with van der Waals surface area (Å²) in [4.78, 5) is 12.5. The fraction of sp³-hybridized carbons (Fsp3) is 0.240. The van der Waals surface area contributed by atoms with Crippen molar-refractivity contribution < 1.29 is 30.8 Å². The van der Waals surface area contributed by atoms with Crippen molar-refractivity contribution in [1.29, 1.82) is 0 Å². The van der Waals surface area contributed by atoms with E-state index >= 15 is 0 Å². The smallest absolute Gasteiger partial charge is 0.354 e. The quantitative estimate of drug-likeness (QED) is 0.236. The van der Waals surface area contributed by atoms with Crippen molar-refractivity contribution in [1.82, 2.24) is 5.32 Å². The third-order valence-electron chi connectivity index (χ3n) is 5.22. The highest BCUT2D eigenvalue weighted by atomic mass is 35.5. The number of alkyl halides is 3. The molecule has 0 unspecified atom stereocenters. The summed E-state index contributed by atoms with van der Waals surface area (Å²) in [7, 11) is -4.40. The van der Waals surface area contributed by atoms with Gasteiger partial charge in [0.05, 0.1) is 21.2 Å². The van der Waals surface area contributed by atoms with Crippen LogP contribution in [0.5, 0.6) is 0 Å². The van der Waals surface area contributed by atoms with Gasteiger partial charge in [0.15, 0.2) is 0 Å². The van der Waals surface area contributed by atoms with Crippen molar-refractivity contribution in [3.8, 4) is 0 Å². The van der Waals surface area contributed by atoms with Gasteiger partial charge in [0.25, 0.3) is 10.0 Å². The lowest BCUT2D eigenvalue weighted by molar-refractivity contribution is -0.137. The summed E-state index contributed by atoms with van der Waals surface area (Å²) in [6, 6.07) is 14.7. The molecule has 0 saturated heterocycles. The first-order chi connectivity index (χ1) is 17.4. The van der Waals surface area contributed by atoms with Crippen LogP contribution in [0.25, 0.3) is 0 Å². The number of hydrogen-bond acceptors (Lipinski definition) is 4. The Balaban J connectivity index is 1.77. The van der Waals surface area contributed by atoms with Gasteiger partial charge in [0.1, 0.15) is 12.4 Å². The van der Waals surface area contributed by atoms with E-state index in [-0.39, 0.29) is 22.9 Å². The van der Waals surface area contributed by atoms with Gasteiger partial charge in [-0.1, -0.05) is 47.5 Å². The van der Waals surface area contributed by atoms with Crippen molar-refractivity contribution in [3.63, 3.8) is 0 Å². The highest BCUT2D eigenvalue weighted by Crippen LogP contribution is 2.38. The normalized spacial score (nSPS) is 11.8. The molecule has 0 aromatic heterocycles. The lowest BCUT2D eigenvalue weighted by Crippen LogP contribution is -2.41. The van der Waals surface area contributed by atoms with E-state index in [9.17, 15) is 30.8 Å². The molecule has 3 aromatic carbocycles. The second kappa shape index (κ2) is 12.2. The maximum Gasteiger partial charge on any atom is 0.417 e. The van der Waals surface area contributed by atoms with Gasteiger partial charge in [-0.15, -0.1) is 0 Å². The fourth-order valence-electron chi connectivity index (χ4n) is 3.28. The molecule has 0 heterocycles. The molecule has 0 aliphatic heterocycles. The molecule has 0 aliphatic rings. The minimum Gasteiger partial charge on any atom is -0.354 e. The number of carbonyl (C=O) groups is 1. The Bertz CT molecular complexity index is 1350. The van der Waals surface area contributed by atoms with Crippen molar-refractivity contribution in [2.75, 3.05) is 23.1 Å².